The van der Waals surface area contributed by atoms with Crippen molar-refractivity contribution in [1.29, 1.82) is 0 Å². The summed E-state index contributed by atoms with van der Waals surface area (Å²) in [6.45, 7) is 4.78. The van der Waals surface area contributed by atoms with Gasteiger partial charge in [0.25, 0.3) is 5.91 Å². The molecular weight excluding hydrogens is 479 g/mol. The summed E-state index contributed by atoms with van der Waals surface area (Å²) in [4.78, 5) is 25.9. The van der Waals surface area contributed by atoms with Crippen LogP contribution in [0.4, 0.5) is 13.2 Å². The number of halogens is 3. The van der Waals surface area contributed by atoms with Gasteiger partial charge >= 0.3 is 6.18 Å². The number of rotatable bonds is 6. The highest BCUT2D eigenvalue weighted by molar-refractivity contribution is 7.91. The van der Waals surface area contributed by atoms with Crippen molar-refractivity contribution in [3.63, 3.8) is 0 Å². The van der Waals surface area contributed by atoms with E-state index < -0.39 is 32.5 Å². The Labute approximate surface area is 190 Å². The molecule has 0 saturated heterocycles. The Hall–Kier alpha value is -3.59. The second-order valence-corrected chi connectivity index (χ2v) is 9.59. The van der Waals surface area contributed by atoms with Gasteiger partial charge in [-0.3, -0.25) is 9.63 Å². The Balaban J connectivity index is 1.95. The van der Waals surface area contributed by atoms with Crippen LogP contribution in [0, 0.1) is 0 Å². The van der Waals surface area contributed by atoms with Gasteiger partial charge in [0.1, 0.15) is 11.3 Å². The lowest BCUT2D eigenvalue weighted by Gasteiger charge is -2.09. The summed E-state index contributed by atoms with van der Waals surface area (Å²) >= 11 is 0. The van der Waals surface area contributed by atoms with Crippen LogP contribution in [0.25, 0.3) is 22.7 Å². The standard InChI is InChI=1S/C19H18F3N7O4S/c1-4-34(31,32)18-14(15-24-13-9-11(19(20,21)22)6-8-28(13)25-15)16-23-7-5-12(29(16)26-18)17(30)27-33-10(2)3/h5-10H,4H2,1-3H3,(H,27,30). The fraction of sp³-hybridized carbons (Fsp3) is 0.316. The summed E-state index contributed by atoms with van der Waals surface area (Å²) in [6.07, 6.45) is -2.61. The van der Waals surface area contributed by atoms with E-state index in [4.69, 9.17) is 4.84 Å². The predicted octanol–water partition coefficient (Wildman–Crippen LogP) is 2.32. The number of carbonyl (C=O) groups excluding carboxylic acids is 1. The first-order valence-electron chi connectivity index (χ1n) is 9.93. The Bertz CT molecular complexity index is 1510. The molecule has 4 aromatic heterocycles. The number of fused-ring (bicyclic) bond motifs is 2. The molecule has 0 aliphatic rings. The van der Waals surface area contributed by atoms with Gasteiger partial charge in [-0.2, -0.15) is 18.3 Å². The molecule has 1 N–H and O–H groups in total. The van der Waals surface area contributed by atoms with Crippen LogP contribution in [-0.2, 0) is 20.9 Å². The van der Waals surface area contributed by atoms with E-state index in [0.717, 1.165) is 27.4 Å². The highest BCUT2D eigenvalue weighted by Crippen LogP contribution is 2.32. The molecule has 4 aromatic rings. The van der Waals surface area contributed by atoms with Gasteiger partial charge in [0.2, 0.25) is 0 Å². The highest BCUT2D eigenvalue weighted by Gasteiger charge is 2.32. The van der Waals surface area contributed by atoms with Crippen LogP contribution in [-0.4, -0.2) is 55.4 Å². The van der Waals surface area contributed by atoms with Gasteiger partial charge in [0, 0.05) is 12.4 Å². The first-order chi connectivity index (χ1) is 15.9. The monoisotopic (exact) mass is 497 g/mol. The van der Waals surface area contributed by atoms with Crippen LogP contribution in [0.3, 0.4) is 0 Å². The topological polar surface area (TPSA) is 133 Å². The highest BCUT2D eigenvalue weighted by atomic mass is 32.2. The molecule has 0 saturated carbocycles. The van der Waals surface area contributed by atoms with Gasteiger partial charge in [-0.05, 0) is 32.0 Å². The molecule has 180 valence electrons. The minimum atomic E-state index is -4.60. The molecule has 1 amide bonds. The normalized spacial score (nSPS) is 12.7. The maximum atomic E-state index is 13.1. The molecule has 4 rings (SSSR count). The van der Waals surface area contributed by atoms with Gasteiger partial charge in [-0.25, -0.2) is 32.9 Å². The largest absolute Gasteiger partial charge is 0.416 e. The van der Waals surface area contributed by atoms with Crippen molar-refractivity contribution in [1.82, 2.24) is 34.7 Å². The molecular formula is C19H18F3N7O4S. The van der Waals surface area contributed by atoms with E-state index in [2.05, 4.69) is 25.6 Å². The maximum absolute atomic E-state index is 13.1. The summed E-state index contributed by atoms with van der Waals surface area (Å²) in [6, 6.07) is 2.91. The molecule has 0 unspecified atom stereocenters. The second kappa shape index (κ2) is 8.32. The number of nitrogens with one attached hydrogen (secondary N) is 1. The molecule has 0 aliphatic heterocycles. The number of alkyl halides is 3. The summed E-state index contributed by atoms with van der Waals surface area (Å²) in [7, 11) is -3.98. The van der Waals surface area contributed by atoms with E-state index in [9.17, 15) is 26.4 Å². The van der Waals surface area contributed by atoms with Gasteiger partial charge in [0.15, 0.2) is 32.0 Å². The molecule has 0 atom stereocenters. The van der Waals surface area contributed by atoms with Crippen LogP contribution in [0.15, 0.2) is 35.6 Å². The number of amides is 1. The lowest BCUT2D eigenvalue weighted by Crippen LogP contribution is -2.28. The van der Waals surface area contributed by atoms with Gasteiger partial charge < -0.3 is 0 Å². The van der Waals surface area contributed by atoms with Crippen molar-refractivity contribution in [3.05, 3.63) is 41.9 Å². The number of hydrogen-bond acceptors (Lipinski definition) is 8. The van der Waals surface area contributed by atoms with Crippen LogP contribution in [0.1, 0.15) is 36.8 Å². The molecule has 0 aliphatic carbocycles. The zero-order valence-corrected chi connectivity index (χ0v) is 18.8. The molecule has 0 spiro atoms. The Morgan fingerprint density at radius 2 is 1.97 bits per heavy atom. The molecule has 4 heterocycles. The summed E-state index contributed by atoms with van der Waals surface area (Å²) in [5.41, 5.74) is 0.825. The molecule has 0 radical (unpaired) electrons. The van der Waals surface area contributed by atoms with Crippen molar-refractivity contribution in [3.8, 4) is 11.4 Å². The van der Waals surface area contributed by atoms with Crippen molar-refractivity contribution >= 4 is 27.0 Å². The SMILES string of the molecule is CCS(=O)(=O)c1nn2c(C(=O)NOC(C)C)ccnc2c1-c1nc2cc(C(F)(F)F)ccn2n1. The Morgan fingerprint density at radius 3 is 2.62 bits per heavy atom. The quantitative estimate of drug-likeness (QED) is 0.402. The molecule has 34 heavy (non-hydrogen) atoms. The number of aromatic nitrogens is 6. The van der Waals surface area contributed by atoms with E-state index in [-0.39, 0.29) is 40.2 Å². The predicted molar refractivity (Wildman–Crippen MR) is 111 cm³/mol. The fourth-order valence-electron chi connectivity index (χ4n) is 3.04. The van der Waals surface area contributed by atoms with Crippen LogP contribution in [0.5, 0.6) is 0 Å². The average molecular weight is 497 g/mol. The minimum Gasteiger partial charge on any atom is -0.271 e. The fourth-order valence-corrected chi connectivity index (χ4v) is 4.01. The van der Waals surface area contributed by atoms with Crippen molar-refractivity contribution in [2.75, 3.05) is 5.75 Å². The number of nitrogens with zero attached hydrogens (tertiary/aromatic N) is 6. The van der Waals surface area contributed by atoms with E-state index in [1.807, 2.05) is 0 Å². The third kappa shape index (κ3) is 4.19. The lowest BCUT2D eigenvalue weighted by molar-refractivity contribution is -0.137. The smallest absolute Gasteiger partial charge is 0.271 e. The first kappa shape index (κ1) is 23.6. The lowest BCUT2D eigenvalue weighted by atomic mass is 10.2. The Kier molecular flexibility index (Phi) is 5.77. The summed E-state index contributed by atoms with van der Waals surface area (Å²) < 4.78 is 67.0. The van der Waals surface area contributed by atoms with Gasteiger partial charge in [-0.1, -0.05) is 6.92 Å². The number of carbonyl (C=O) groups is 1. The van der Waals surface area contributed by atoms with Gasteiger partial charge in [-0.15, -0.1) is 5.10 Å². The Morgan fingerprint density at radius 1 is 1.24 bits per heavy atom. The van der Waals surface area contributed by atoms with E-state index in [1.54, 1.807) is 13.8 Å². The van der Waals surface area contributed by atoms with Crippen LogP contribution in [0.2, 0.25) is 0 Å². The maximum Gasteiger partial charge on any atom is 0.416 e. The van der Waals surface area contributed by atoms with Gasteiger partial charge in [0.05, 0.1) is 17.4 Å². The third-order valence-electron chi connectivity index (χ3n) is 4.67. The molecule has 0 aromatic carbocycles. The summed E-state index contributed by atoms with van der Waals surface area (Å²) in [5, 5.41) is 7.75. The number of sulfone groups is 1. The van der Waals surface area contributed by atoms with E-state index in [0.29, 0.717) is 0 Å². The van der Waals surface area contributed by atoms with Crippen LogP contribution >= 0.6 is 0 Å². The number of pyridine rings is 1. The van der Waals surface area contributed by atoms with E-state index >= 15 is 0 Å². The summed E-state index contributed by atoms with van der Waals surface area (Å²) in [5.74, 6) is -1.27. The molecule has 11 nitrogen and oxygen atoms in total. The number of hydrogen-bond donors (Lipinski definition) is 1. The molecule has 0 fully saturated rings. The first-order valence-corrected chi connectivity index (χ1v) is 11.6. The zero-order valence-electron chi connectivity index (χ0n) is 18.0. The van der Waals surface area contributed by atoms with E-state index in [1.165, 1.54) is 19.2 Å². The third-order valence-corrected chi connectivity index (χ3v) is 6.30. The van der Waals surface area contributed by atoms with Crippen molar-refractivity contribution < 1.29 is 31.2 Å². The average Bonchev–Trinajstić information content (AvgIpc) is 3.37. The molecule has 15 heteroatoms. The number of hydroxylamine groups is 1. The van der Waals surface area contributed by atoms with Crippen molar-refractivity contribution in [2.24, 2.45) is 0 Å². The van der Waals surface area contributed by atoms with Crippen molar-refractivity contribution in [2.45, 2.75) is 38.1 Å². The second-order valence-electron chi connectivity index (χ2n) is 7.40. The van der Waals surface area contributed by atoms with Crippen LogP contribution < -0.4 is 5.48 Å². The zero-order chi connectivity index (χ0) is 24.8. The molecule has 0 bridgehead atoms. The minimum absolute atomic E-state index is 0.0730.